The molecule has 1 aromatic carbocycles. The largest absolute Gasteiger partial charge is 0.496 e. The van der Waals surface area contributed by atoms with Gasteiger partial charge in [0.15, 0.2) is 0 Å². The summed E-state index contributed by atoms with van der Waals surface area (Å²) >= 11 is 0. The molecular weight excluding hydrogens is 209 g/mol. The van der Waals surface area contributed by atoms with E-state index in [-0.39, 0.29) is 5.56 Å². The highest BCUT2D eigenvalue weighted by Gasteiger charge is 2.39. The highest BCUT2D eigenvalue weighted by Crippen LogP contribution is 2.25. The van der Waals surface area contributed by atoms with Gasteiger partial charge in [0.1, 0.15) is 5.75 Å². The van der Waals surface area contributed by atoms with Gasteiger partial charge in [0.25, 0.3) is 5.78 Å². The van der Waals surface area contributed by atoms with Crippen LogP contribution in [0.4, 0.5) is 13.2 Å². The molecule has 0 aliphatic rings. The van der Waals surface area contributed by atoms with Crippen LogP contribution in [-0.2, 0) is 0 Å². The van der Waals surface area contributed by atoms with E-state index < -0.39 is 12.0 Å². The molecule has 0 saturated heterocycles. The van der Waals surface area contributed by atoms with Crippen LogP contribution >= 0.6 is 0 Å². The van der Waals surface area contributed by atoms with Crippen LogP contribution in [0.2, 0.25) is 0 Å². The maximum atomic E-state index is 12.1. The number of aryl methyl sites for hydroxylation is 1. The van der Waals surface area contributed by atoms with Crippen molar-refractivity contribution in [1.82, 2.24) is 0 Å². The van der Waals surface area contributed by atoms with Crippen LogP contribution in [0.3, 0.4) is 0 Å². The zero-order valence-electron chi connectivity index (χ0n) is 8.18. The normalized spacial score (nSPS) is 11.3. The van der Waals surface area contributed by atoms with Crippen molar-refractivity contribution in [2.75, 3.05) is 7.11 Å². The van der Waals surface area contributed by atoms with E-state index in [9.17, 15) is 18.0 Å². The number of carbonyl (C=O) groups is 1. The van der Waals surface area contributed by atoms with E-state index in [2.05, 4.69) is 0 Å². The molecule has 0 heterocycles. The minimum Gasteiger partial charge on any atom is -0.496 e. The summed E-state index contributed by atoms with van der Waals surface area (Å²) in [5.74, 6) is -1.39. The Labute approximate surface area is 84.7 Å². The number of halogens is 3. The molecule has 0 bridgehead atoms. The van der Waals surface area contributed by atoms with E-state index in [4.69, 9.17) is 4.74 Å². The second-order valence-corrected chi connectivity index (χ2v) is 3.01. The summed E-state index contributed by atoms with van der Waals surface area (Å²) in [5, 5.41) is 0. The Kier molecular flexibility index (Phi) is 3.02. The van der Waals surface area contributed by atoms with Crippen LogP contribution < -0.4 is 4.74 Å². The van der Waals surface area contributed by atoms with Crippen molar-refractivity contribution in [2.24, 2.45) is 0 Å². The lowest BCUT2D eigenvalue weighted by Gasteiger charge is -2.08. The lowest BCUT2D eigenvalue weighted by atomic mass is 10.1. The molecule has 0 aromatic heterocycles. The minimum atomic E-state index is -4.83. The predicted octanol–water partition coefficient (Wildman–Crippen LogP) is 2.75. The van der Waals surface area contributed by atoms with Crippen molar-refractivity contribution < 1.29 is 22.7 Å². The zero-order chi connectivity index (χ0) is 11.6. The fraction of sp³-hybridized carbons (Fsp3) is 0.300. The van der Waals surface area contributed by atoms with Crippen molar-refractivity contribution in [3.8, 4) is 5.75 Å². The van der Waals surface area contributed by atoms with E-state index in [0.29, 0.717) is 11.3 Å². The molecule has 0 spiro atoms. The lowest BCUT2D eigenvalue weighted by Crippen LogP contribution is -2.22. The molecule has 0 amide bonds. The number of hydrogen-bond acceptors (Lipinski definition) is 2. The summed E-state index contributed by atoms with van der Waals surface area (Å²) < 4.78 is 41.1. The molecule has 0 fully saturated rings. The van der Waals surface area contributed by atoms with E-state index in [1.165, 1.54) is 13.2 Å². The molecule has 15 heavy (non-hydrogen) atoms. The third kappa shape index (κ3) is 2.49. The Bertz CT molecular complexity index is 383. The predicted molar refractivity (Wildman–Crippen MR) is 48.1 cm³/mol. The van der Waals surface area contributed by atoms with Crippen LogP contribution in [0.1, 0.15) is 15.9 Å². The zero-order valence-corrected chi connectivity index (χ0v) is 8.18. The standard InChI is InChI=1S/C10H9F3O2/c1-6-5-7(3-4-8(6)15-2)9(14)10(11,12)13/h3-5H,1-2H3. The number of ether oxygens (including phenoxy) is 1. The summed E-state index contributed by atoms with van der Waals surface area (Å²) in [6.07, 6.45) is -4.83. The van der Waals surface area contributed by atoms with Crippen molar-refractivity contribution in [2.45, 2.75) is 13.1 Å². The summed E-state index contributed by atoms with van der Waals surface area (Å²) in [6.45, 7) is 1.58. The highest BCUT2D eigenvalue weighted by atomic mass is 19.4. The van der Waals surface area contributed by atoms with Gasteiger partial charge in [-0.25, -0.2) is 0 Å². The number of alkyl halides is 3. The maximum absolute atomic E-state index is 12.1. The molecule has 5 heteroatoms. The molecule has 1 aromatic rings. The number of Topliss-reactive ketones (excluding diaryl/α,β-unsaturated/α-hetero) is 1. The van der Waals surface area contributed by atoms with Crippen molar-refractivity contribution in [3.05, 3.63) is 29.3 Å². The van der Waals surface area contributed by atoms with Gasteiger partial charge in [0.2, 0.25) is 0 Å². The quantitative estimate of drug-likeness (QED) is 0.713. The van der Waals surface area contributed by atoms with E-state index in [0.717, 1.165) is 12.1 Å². The third-order valence-electron chi connectivity index (χ3n) is 1.91. The molecule has 0 radical (unpaired) electrons. The van der Waals surface area contributed by atoms with Gasteiger partial charge in [-0.1, -0.05) is 0 Å². The van der Waals surface area contributed by atoms with Gasteiger partial charge in [-0.05, 0) is 30.7 Å². The summed E-state index contributed by atoms with van der Waals surface area (Å²) in [7, 11) is 1.41. The average Bonchev–Trinajstić information content (AvgIpc) is 2.15. The number of methoxy groups -OCH3 is 1. The molecule has 0 unspecified atom stereocenters. The fourth-order valence-electron chi connectivity index (χ4n) is 1.18. The second-order valence-electron chi connectivity index (χ2n) is 3.01. The first kappa shape index (κ1) is 11.6. The summed E-state index contributed by atoms with van der Waals surface area (Å²) in [6, 6.07) is 3.60. The van der Waals surface area contributed by atoms with Crippen LogP contribution in [0.5, 0.6) is 5.75 Å². The second kappa shape index (κ2) is 3.92. The Hall–Kier alpha value is -1.52. The Morgan fingerprint density at radius 1 is 1.33 bits per heavy atom. The molecule has 0 atom stereocenters. The van der Waals surface area contributed by atoms with Gasteiger partial charge in [0.05, 0.1) is 7.11 Å². The van der Waals surface area contributed by atoms with Gasteiger partial charge in [-0.2, -0.15) is 13.2 Å². The van der Waals surface area contributed by atoms with Gasteiger partial charge in [0, 0.05) is 5.56 Å². The first-order valence-electron chi connectivity index (χ1n) is 4.12. The van der Waals surface area contributed by atoms with Crippen molar-refractivity contribution >= 4 is 5.78 Å². The van der Waals surface area contributed by atoms with Crippen LogP contribution in [0, 0.1) is 6.92 Å². The highest BCUT2D eigenvalue weighted by molar-refractivity contribution is 6.00. The van der Waals surface area contributed by atoms with Crippen molar-refractivity contribution in [1.29, 1.82) is 0 Å². The summed E-state index contributed by atoms with van der Waals surface area (Å²) in [4.78, 5) is 10.9. The smallest absolute Gasteiger partial charge is 0.454 e. The third-order valence-corrected chi connectivity index (χ3v) is 1.91. The average molecular weight is 218 g/mol. The van der Waals surface area contributed by atoms with E-state index in [1.807, 2.05) is 0 Å². The topological polar surface area (TPSA) is 26.3 Å². The first-order chi connectivity index (χ1) is 6.86. The minimum absolute atomic E-state index is 0.374. The number of benzene rings is 1. The number of carbonyl (C=O) groups excluding carboxylic acids is 1. The van der Waals surface area contributed by atoms with Crippen LogP contribution in [0.25, 0.3) is 0 Å². The van der Waals surface area contributed by atoms with Gasteiger partial charge < -0.3 is 4.74 Å². The summed E-state index contributed by atoms with van der Waals surface area (Å²) in [5.41, 5.74) is 0.119. The molecule has 2 nitrogen and oxygen atoms in total. The van der Waals surface area contributed by atoms with Crippen LogP contribution in [-0.4, -0.2) is 19.1 Å². The molecule has 0 N–H and O–H groups in total. The fourth-order valence-corrected chi connectivity index (χ4v) is 1.18. The molecule has 82 valence electrons. The Morgan fingerprint density at radius 2 is 1.93 bits per heavy atom. The van der Waals surface area contributed by atoms with Gasteiger partial charge >= 0.3 is 6.18 Å². The monoisotopic (exact) mass is 218 g/mol. The van der Waals surface area contributed by atoms with Crippen molar-refractivity contribution in [3.63, 3.8) is 0 Å². The molecule has 0 aliphatic heterocycles. The Balaban J connectivity index is 3.08. The van der Waals surface area contributed by atoms with Gasteiger partial charge in [-0.15, -0.1) is 0 Å². The molecule has 0 saturated carbocycles. The maximum Gasteiger partial charge on any atom is 0.454 e. The molecule has 0 aliphatic carbocycles. The van der Waals surface area contributed by atoms with E-state index in [1.54, 1.807) is 6.92 Å². The Morgan fingerprint density at radius 3 is 2.33 bits per heavy atom. The number of rotatable bonds is 2. The molecule has 1 rings (SSSR count). The number of hydrogen-bond donors (Lipinski definition) is 0. The van der Waals surface area contributed by atoms with E-state index >= 15 is 0 Å². The SMILES string of the molecule is COc1ccc(C(=O)C(F)(F)F)cc1C. The number of ketones is 1. The van der Waals surface area contributed by atoms with Gasteiger partial charge in [-0.3, -0.25) is 4.79 Å². The molecular formula is C10H9F3O2. The van der Waals surface area contributed by atoms with Crippen LogP contribution in [0.15, 0.2) is 18.2 Å². The lowest BCUT2D eigenvalue weighted by molar-refractivity contribution is -0.0885. The first-order valence-corrected chi connectivity index (χ1v) is 4.12.